The van der Waals surface area contributed by atoms with Crippen molar-refractivity contribution in [1.29, 1.82) is 0 Å². The summed E-state index contributed by atoms with van der Waals surface area (Å²) in [5.74, 6) is -4.19. The number of aliphatic carboxylic acids is 2. The second-order valence-corrected chi connectivity index (χ2v) is 32.4. The molecular weight excluding hydrogens is 1380 g/mol. The van der Waals surface area contributed by atoms with Crippen molar-refractivity contribution in [1.82, 2.24) is 25.8 Å². The largest absolute Gasteiger partial charge is 0.480 e. The number of carbonyl (C=O) groups is 6. The Morgan fingerprint density at radius 3 is 1.94 bits per heavy atom. The third-order valence-corrected chi connectivity index (χ3v) is 21.5. The zero-order valence-corrected chi connectivity index (χ0v) is 62.3. The Bertz CT molecular complexity index is 4230. The summed E-state index contributed by atoms with van der Waals surface area (Å²) in [6, 6.07) is 25.2. The van der Waals surface area contributed by atoms with Crippen LogP contribution >= 0.6 is 0 Å². The summed E-state index contributed by atoms with van der Waals surface area (Å²) in [5.41, 5.74) is 6.53. The van der Waals surface area contributed by atoms with Gasteiger partial charge in [-0.25, -0.2) is 14.4 Å². The lowest BCUT2D eigenvalue weighted by Gasteiger charge is -2.27. The summed E-state index contributed by atoms with van der Waals surface area (Å²) >= 11 is 0. The smallest absolute Gasteiger partial charge is 0.326 e. The fourth-order valence-electron chi connectivity index (χ4n) is 13.3. The van der Waals surface area contributed by atoms with Gasteiger partial charge < -0.3 is 45.6 Å². The third kappa shape index (κ3) is 24.4. The monoisotopic (exact) mass is 1480 g/mol. The molecule has 1 aliphatic carbocycles. The van der Waals surface area contributed by atoms with E-state index >= 15 is 0 Å². The van der Waals surface area contributed by atoms with Crippen molar-refractivity contribution in [2.75, 3.05) is 76.3 Å². The van der Waals surface area contributed by atoms with Crippen LogP contribution in [0.3, 0.4) is 0 Å². The van der Waals surface area contributed by atoms with E-state index in [9.17, 15) is 77.9 Å². The molecule has 0 bridgehead atoms. The highest BCUT2D eigenvalue weighted by Gasteiger charge is 2.45. The molecule has 0 aromatic heterocycles. The molecule has 8 N–H and O–H groups in total. The molecule has 2 heterocycles. The van der Waals surface area contributed by atoms with Crippen LogP contribution in [-0.2, 0) is 78.0 Å². The summed E-state index contributed by atoms with van der Waals surface area (Å²) in [6.45, 7) is 13.0. The predicted molar refractivity (Wildman–Crippen MR) is 394 cm³/mol. The number of carboxylic acid groups (broad SMARTS) is 2. The highest BCUT2D eigenvalue weighted by molar-refractivity contribution is 7.86. The number of amides is 3. The van der Waals surface area contributed by atoms with Crippen molar-refractivity contribution in [3.8, 4) is 5.75 Å². The van der Waals surface area contributed by atoms with E-state index in [4.69, 9.17) is 4.74 Å². The summed E-state index contributed by atoms with van der Waals surface area (Å²) < 4.78 is 110. The standard InChI is InChI=1S/C75H99N7O18S3/c1-8-76-73(90)78-63(71(86)87)35-31-57(83)24-19-40-79(6)44-45-80(7)43-39-58(84)50-56(48-52-20-10-9-11-21-52)70(85)77-64(72(88)89)49-53-27-32-59(33-28-53)100-69-54(29-37-67-74(2,3)61-25-12-13-26-65(61)81(67)41-14-16-46-101(91,92)93)22-18-23-55(69)30-38-68-75(4,5)62-51-60(103(97,98)99)34-36-66(62)82(68)42-15-17-47-102(94,95)96/h9-13,20-21,25-30,32-34,36-38,51,56,63-64H,8,14-19,22-24,31,35,39-50H2,1-7H3,(H7-,76,77,78,85,86,87,88,89,90,91,92,93,94,95,96,97,98,99)/p+1/t56-,63+,64+/m1/s1. The lowest BCUT2D eigenvalue weighted by Crippen LogP contribution is -2.46. The van der Waals surface area contributed by atoms with Crippen LogP contribution in [-0.4, -0.2) is 188 Å². The summed E-state index contributed by atoms with van der Waals surface area (Å²) in [5, 5.41) is 27.7. The van der Waals surface area contributed by atoms with Gasteiger partial charge >= 0.3 is 18.0 Å². The number of para-hydroxylation sites is 1. The number of anilines is 1. The minimum atomic E-state index is -4.60. The zero-order valence-electron chi connectivity index (χ0n) is 59.8. The molecule has 3 aliphatic rings. The Morgan fingerprint density at radius 2 is 1.29 bits per heavy atom. The molecule has 4 aromatic rings. The van der Waals surface area contributed by atoms with Gasteiger partial charge in [0.15, 0.2) is 5.71 Å². The molecule has 0 unspecified atom stereocenters. The number of Topliss-reactive ketones (excluding diaryl/α,β-unsaturated/α-hetero) is 2. The van der Waals surface area contributed by atoms with Crippen molar-refractivity contribution < 1.29 is 87.2 Å². The summed E-state index contributed by atoms with van der Waals surface area (Å²) in [6.07, 6.45) is 11.8. The first-order chi connectivity index (χ1) is 48.5. The second-order valence-electron chi connectivity index (χ2n) is 27.8. The Balaban J connectivity index is 1.09. The number of unbranched alkanes of at least 4 members (excludes halogenated alkanes) is 2. The average Bonchev–Trinajstić information content (AvgIpc) is 1.60. The molecular formula is C75H100N7O18S3+. The van der Waals surface area contributed by atoms with Gasteiger partial charge in [0.05, 0.1) is 21.8 Å². The maximum atomic E-state index is 14.3. The average molecular weight is 1480 g/mol. The van der Waals surface area contributed by atoms with Crippen LogP contribution in [0.25, 0.3) is 0 Å². The fourth-order valence-corrected chi connectivity index (χ4v) is 15.0. The van der Waals surface area contributed by atoms with Gasteiger partial charge in [-0.3, -0.25) is 28.0 Å². The van der Waals surface area contributed by atoms with E-state index in [0.29, 0.717) is 106 Å². The molecule has 0 saturated heterocycles. The van der Waals surface area contributed by atoms with Crippen molar-refractivity contribution in [3.05, 3.63) is 166 Å². The minimum Gasteiger partial charge on any atom is -0.480 e. The van der Waals surface area contributed by atoms with Crippen LogP contribution in [0.2, 0.25) is 0 Å². The first kappa shape index (κ1) is 82.1. The van der Waals surface area contributed by atoms with Crippen LogP contribution in [0, 0.1) is 5.92 Å². The van der Waals surface area contributed by atoms with Gasteiger partial charge in [0, 0.05) is 112 Å². The molecule has 3 atom stereocenters. The number of urea groups is 1. The number of likely N-dealkylation sites (N-methyl/N-ethyl adjacent to an activating group) is 2. The number of hydrogen-bond acceptors (Lipinski definition) is 16. The second kappa shape index (κ2) is 37.0. The van der Waals surface area contributed by atoms with Gasteiger partial charge in [-0.1, -0.05) is 80.6 Å². The quantitative estimate of drug-likeness (QED) is 0.0116. The van der Waals surface area contributed by atoms with E-state index in [-0.39, 0.29) is 86.5 Å². The molecule has 25 nitrogen and oxygen atoms in total. The molecule has 103 heavy (non-hydrogen) atoms. The van der Waals surface area contributed by atoms with Crippen LogP contribution in [0.5, 0.6) is 5.75 Å². The topological polar surface area (TPSA) is 364 Å². The van der Waals surface area contributed by atoms with Crippen LogP contribution in [0.1, 0.15) is 140 Å². The van der Waals surface area contributed by atoms with Crippen molar-refractivity contribution >= 4 is 82.9 Å². The molecule has 28 heteroatoms. The normalized spacial score (nSPS) is 16.8. The fraction of sp³-hybridized carbons (Fsp3) is 0.480. The highest BCUT2D eigenvalue weighted by atomic mass is 32.2. The predicted octanol–water partition coefficient (Wildman–Crippen LogP) is 9.41. The molecule has 7 rings (SSSR count). The maximum Gasteiger partial charge on any atom is 0.326 e. The number of nitrogens with one attached hydrogen (secondary N) is 3. The maximum absolute atomic E-state index is 14.3. The van der Waals surface area contributed by atoms with Crippen molar-refractivity contribution in [3.63, 3.8) is 0 Å². The number of ketones is 2. The van der Waals surface area contributed by atoms with E-state index < -0.39 is 88.8 Å². The van der Waals surface area contributed by atoms with E-state index in [1.54, 1.807) is 37.3 Å². The molecule has 0 saturated carbocycles. The minimum absolute atomic E-state index is 0.00943. The highest BCUT2D eigenvalue weighted by Crippen LogP contribution is 2.49. The summed E-state index contributed by atoms with van der Waals surface area (Å²) in [4.78, 5) is 82.9. The van der Waals surface area contributed by atoms with Crippen LogP contribution < -0.4 is 25.6 Å². The number of benzene rings is 4. The third-order valence-electron chi connectivity index (χ3n) is 19.0. The lowest BCUT2D eigenvalue weighted by molar-refractivity contribution is -0.438. The van der Waals surface area contributed by atoms with E-state index in [1.165, 1.54) is 12.1 Å². The van der Waals surface area contributed by atoms with Crippen LogP contribution in [0.4, 0.5) is 16.2 Å². The molecule has 560 valence electrons. The Hall–Kier alpha value is -8.22. The van der Waals surface area contributed by atoms with Crippen LogP contribution in [0.15, 0.2) is 149 Å². The number of carboxylic acids is 2. The first-order valence-corrected chi connectivity index (χ1v) is 39.6. The van der Waals surface area contributed by atoms with Gasteiger partial charge in [0.25, 0.3) is 30.4 Å². The number of ether oxygens (including phenoxy) is 1. The van der Waals surface area contributed by atoms with Gasteiger partial charge in [0.1, 0.15) is 41.7 Å². The molecule has 0 fully saturated rings. The number of fused-ring (bicyclic) bond motifs is 2. The molecule has 2 aliphatic heterocycles. The number of nitrogens with zero attached hydrogens (tertiary/aromatic N) is 4. The molecule has 3 amide bonds. The van der Waals surface area contributed by atoms with Gasteiger partial charge in [0.2, 0.25) is 11.6 Å². The molecule has 0 radical (unpaired) electrons. The van der Waals surface area contributed by atoms with E-state index in [2.05, 4.69) is 51.4 Å². The first-order valence-electron chi connectivity index (χ1n) is 34.9. The zero-order chi connectivity index (χ0) is 75.5. The van der Waals surface area contributed by atoms with Gasteiger partial charge in [-0.05, 0) is 170 Å². The van der Waals surface area contributed by atoms with E-state index in [1.807, 2.05) is 105 Å². The molecule has 0 spiro atoms. The Kier molecular flexibility index (Phi) is 29.5. The van der Waals surface area contributed by atoms with Crippen molar-refractivity contribution in [2.24, 2.45) is 5.92 Å². The van der Waals surface area contributed by atoms with Crippen molar-refractivity contribution in [2.45, 2.75) is 159 Å². The Labute approximate surface area is 605 Å². The Morgan fingerprint density at radius 1 is 0.650 bits per heavy atom. The van der Waals surface area contributed by atoms with E-state index in [0.717, 1.165) is 39.4 Å². The summed E-state index contributed by atoms with van der Waals surface area (Å²) in [7, 11) is -9.23. The number of hydrogen-bond donors (Lipinski definition) is 8. The SMILES string of the molecule is CCNC(=O)N[C@@H](CCC(=O)CCCN(C)CCN(C)CCC(=O)C[C@@H](Cc1ccccc1)C(=O)N[C@@H](Cc1ccc(OC2=C(/C=C/C3=[N+](CCCCS(=O)(=O)O)c4ccccc4C3(C)C)CCC/C2=C\C=C2\N(CCCCS(=O)(=O)O)c3ccc(S(=O)(=O)O)cc3C2(C)C)cc1)C(=O)O)C(=O)O. The van der Waals surface area contributed by atoms with Gasteiger partial charge in [-0.15, -0.1) is 0 Å². The number of carbonyl (C=O) groups excluding carboxylic acids is 4. The number of rotatable bonds is 41. The number of allylic oxidation sites excluding steroid dienone is 7. The van der Waals surface area contributed by atoms with Gasteiger partial charge in [-0.2, -0.15) is 29.8 Å². The lowest BCUT2D eigenvalue weighted by atomic mass is 9.81. The molecule has 4 aromatic carbocycles.